The van der Waals surface area contributed by atoms with Crippen molar-refractivity contribution in [2.75, 3.05) is 29.9 Å². The van der Waals surface area contributed by atoms with Crippen LogP contribution in [0.2, 0.25) is 0 Å². The van der Waals surface area contributed by atoms with Crippen LogP contribution >= 0.6 is 0 Å². The minimum Gasteiger partial charge on any atom is -0.372 e. The van der Waals surface area contributed by atoms with Crippen molar-refractivity contribution in [1.82, 2.24) is 5.32 Å². The van der Waals surface area contributed by atoms with Crippen molar-refractivity contribution in [3.8, 4) is 0 Å². The van der Waals surface area contributed by atoms with Crippen molar-refractivity contribution >= 4 is 17.4 Å². The SMILES string of the molecule is C=CCNC(=O)Nc1ccccc1N1CC(C)OC(C)C1. The number of nitrogens with zero attached hydrogens (tertiary/aromatic N) is 1. The number of carbonyl (C=O) groups is 1. The zero-order valence-corrected chi connectivity index (χ0v) is 12.6. The summed E-state index contributed by atoms with van der Waals surface area (Å²) >= 11 is 0. The third kappa shape index (κ3) is 4.23. The van der Waals surface area contributed by atoms with Crippen molar-refractivity contribution in [2.45, 2.75) is 26.1 Å². The fourth-order valence-corrected chi connectivity index (χ4v) is 2.56. The molecule has 1 fully saturated rings. The van der Waals surface area contributed by atoms with Gasteiger partial charge in [-0.2, -0.15) is 0 Å². The summed E-state index contributed by atoms with van der Waals surface area (Å²) in [6, 6.07) is 7.60. The lowest BCUT2D eigenvalue weighted by molar-refractivity contribution is -0.00517. The fraction of sp³-hybridized carbons (Fsp3) is 0.438. The predicted octanol–water partition coefficient (Wildman–Crippen LogP) is 2.61. The van der Waals surface area contributed by atoms with Crippen LogP contribution in [0.15, 0.2) is 36.9 Å². The smallest absolute Gasteiger partial charge is 0.319 e. The van der Waals surface area contributed by atoms with Gasteiger partial charge in [-0.25, -0.2) is 4.79 Å². The quantitative estimate of drug-likeness (QED) is 0.838. The van der Waals surface area contributed by atoms with Gasteiger partial charge in [-0.15, -0.1) is 6.58 Å². The van der Waals surface area contributed by atoms with E-state index >= 15 is 0 Å². The number of benzene rings is 1. The van der Waals surface area contributed by atoms with Gasteiger partial charge < -0.3 is 20.3 Å². The van der Waals surface area contributed by atoms with Crippen molar-refractivity contribution in [2.24, 2.45) is 0 Å². The topological polar surface area (TPSA) is 53.6 Å². The fourth-order valence-electron chi connectivity index (χ4n) is 2.56. The number of hydrogen-bond acceptors (Lipinski definition) is 3. The molecule has 1 aliphatic heterocycles. The van der Waals surface area contributed by atoms with Gasteiger partial charge in [0.15, 0.2) is 0 Å². The summed E-state index contributed by atoms with van der Waals surface area (Å²) in [5.41, 5.74) is 1.83. The molecule has 2 unspecified atom stereocenters. The van der Waals surface area contributed by atoms with Crippen LogP contribution < -0.4 is 15.5 Å². The molecule has 2 atom stereocenters. The summed E-state index contributed by atoms with van der Waals surface area (Å²) in [5.74, 6) is 0. The summed E-state index contributed by atoms with van der Waals surface area (Å²) in [5, 5.41) is 5.61. The Morgan fingerprint density at radius 2 is 2.05 bits per heavy atom. The van der Waals surface area contributed by atoms with Gasteiger partial charge in [0.05, 0.1) is 23.6 Å². The Kier molecular flexibility index (Phi) is 5.22. The van der Waals surface area contributed by atoms with Crippen molar-refractivity contribution in [1.29, 1.82) is 0 Å². The van der Waals surface area contributed by atoms with E-state index in [1.165, 1.54) is 0 Å². The van der Waals surface area contributed by atoms with Gasteiger partial charge in [0, 0.05) is 19.6 Å². The molecule has 2 amide bonds. The van der Waals surface area contributed by atoms with Gasteiger partial charge in [-0.05, 0) is 26.0 Å². The number of urea groups is 1. The Morgan fingerprint density at radius 3 is 2.71 bits per heavy atom. The number of nitrogens with one attached hydrogen (secondary N) is 2. The van der Waals surface area contributed by atoms with E-state index in [0.29, 0.717) is 6.54 Å². The number of ether oxygens (including phenoxy) is 1. The lowest BCUT2D eigenvalue weighted by atomic mass is 10.1. The average molecular weight is 289 g/mol. The highest BCUT2D eigenvalue weighted by Crippen LogP contribution is 2.28. The molecule has 1 aromatic rings. The molecule has 1 aliphatic rings. The molecule has 0 spiro atoms. The molecule has 114 valence electrons. The molecule has 1 saturated heterocycles. The highest BCUT2D eigenvalue weighted by Gasteiger charge is 2.24. The molecule has 5 nitrogen and oxygen atoms in total. The molecular formula is C16H23N3O2. The van der Waals surface area contributed by atoms with E-state index in [9.17, 15) is 4.79 Å². The minimum absolute atomic E-state index is 0.177. The van der Waals surface area contributed by atoms with E-state index in [4.69, 9.17) is 4.74 Å². The molecule has 0 saturated carbocycles. The predicted molar refractivity (Wildman–Crippen MR) is 85.9 cm³/mol. The second-order valence-corrected chi connectivity index (χ2v) is 5.30. The van der Waals surface area contributed by atoms with Crippen molar-refractivity contribution in [3.63, 3.8) is 0 Å². The van der Waals surface area contributed by atoms with Crippen molar-refractivity contribution in [3.05, 3.63) is 36.9 Å². The van der Waals surface area contributed by atoms with Gasteiger partial charge in [-0.1, -0.05) is 18.2 Å². The first-order chi connectivity index (χ1) is 10.1. The van der Waals surface area contributed by atoms with Crippen LogP contribution in [0.4, 0.5) is 16.2 Å². The highest BCUT2D eigenvalue weighted by molar-refractivity contribution is 5.93. The van der Waals surface area contributed by atoms with Crippen LogP contribution in [0.25, 0.3) is 0 Å². The maximum atomic E-state index is 11.8. The van der Waals surface area contributed by atoms with Gasteiger partial charge in [0.2, 0.25) is 0 Å². The minimum atomic E-state index is -0.225. The first-order valence-corrected chi connectivity index (χ1v) is 7.25. The molecule has 0 aliphatic carbocycles. The van der Waals surface area contributed by atoms with Gasteiger partial charge in [-0.3, -0.25) is 0 Å². The number of para-hydroxylation sites is 2. The zero-order chi connectivity index (χ0) is 15.2. The average Bonchev–Trinajstić information content (AvgIpc) is 2.44. The Labute approximate surface area is 126 Å². The van der Waals surface area contributed by atoms with E-state index in [1.807, 2.05) is 24.3 Å². The van der Waals surface area contributed by atoms with Gasteiger partial charge in [0.25, 0.3) is 0 Å². The Bertz CT molecular complexity index is 494. The monoisotopic (exact) mass is 289 g/mol. The Balaban J connectivity index is 2.12. The van der Waals surface area contributed by atoms with Gasteiger partial charge >= 0.3 is 6.03 Å². The third-order valence-electron chi connectivity index (χ3n) is 3.32. The summed E-state index contributed by atoms with van der Waals surface area (Å²) in [6.45, 7) is 9.79. The van der Waals surface area contributed by atoms with Crippen LogP contribution in [0.5, 0.6) is 0 Å². The summed E-state index contributed by atoms with van der Waals surface area (Å²) in [6.07, 6.45) is 2.00. The third-order valence-corrected chi connectivity index (χ3v) is 3.32. The lowest BCUT2D eigenvalue weighted by Crippen LogP contribution is -2.45. The van der Waals surface area contributed by atoms with Gasteiger partial charge in [0.1, 0.15) is 0 Å². The first-order valence-electron chi connectivity index (χ1n) is 7.25. The largest absolute Gasteiger partial charge is 0.372 e. The van der Waals surface area contributed by atoms with Crippen LogP contribution in [-0.2, 0) is 4.74 Å². The standard InChI is InChI=1S/C16H23N3O2/c1-4-9-17-16(20)18-14-7-5-6-8-15(14)19-10-12(2)21-13(3)11-19/h4-8,12-13H,1,9-11H2,2-3H3,(H2,17,18,20). The second-order valence-electron chi connectivity index (χ2n) is 5.30. The molecule has 5 heteroatoms. The molecule has 0 radical (unpaired) electrons. The molecular weight excluding hydrogens is 266 g/mol. The highest BCUT2D eigenvalue weighted by atomic mass is 16.5. The zero-order valence-electron chi connectivity index (χ0n) is 12.6. The summed E-state index contributed by atoms with van der Waals surface area (Å²) in [4.78, 5) is 14.1. The number of anilines is 2. The first kappa shape index (κ1) is 15.4. The molecule has 1 aromatic carbocycles. The molecule has 21 heavy (non-hydrogen) atoms. The van der Waals surface area contributed by atoms with E-state index in [-0.39, 0.29) is 18.2 Å². The number of morpholine rings is 1. The lowest BCUT2D eigenvalue weighted by Gasteiger charge is -2.37. The molecule has 2 rings (SSSR count). The maximum Gasteiger partial charge on any atom is 0.319 e. The Morgan fingerprint density at radius 1 is 1.38 bits per heavy atom. The van der Waals surface area contributed by atoms with Crippen LogP contribution in [0, 0.1) is 0 Å². The second kappa shape index (κ2) is 7.13. The summed E-state index contributed by atoms with van der Waals surface area (Å²) in [7, 11) is 0. The molecule has 1 heterocycles. The van der Waals surface area contributed by atoms with E-state index in [2.05, 4.69) is 36.0 Å². The van der Waals surface area contributed by atoms with E-state index in [1.54, 1.807) is 6.08 Å². The van der Waals surface area contributed by atoms with E-state index < -0.39 is 0 Å². The summed E-state index contributed by atoms with van der Waals surface area (Å²) < 4.78 is 5.76. The van der Waals surface area contributed by atoms with Crippen LogP contribution in [-0.4, -0.2) is 37.9 Å². The Hall–Kier alpha value is -2.01. The number of amides is 2. The van der Waals surface area contributed by atoms with Crippen LogP contribution in [0.3, 0.4) is 0 Å². The number of carbonyl (C=O) groups excluding carboxylic acids is 1. The maximum absolute atomic E-state index is 11.8. The number of rotatable bonds is 4. The molecule has 0 aromatic heterocycles. The van der Waals surface area contributed by atoms with Crippen LogP contribution in [0.1, 0.15) is 13.8 Å². The molecule has 2 N–H and O–H groups in total. The number of hydrogen-bond donors (Lipinski definition) is 2. The van der Waals surface area contributed by atoms with Crippen molar-refractivity contribution < 1.29 is 9.53 Å². The molecule has 0 bridgehead atoms. The normalized spacial score (nSPS) is 21.7. The van der Waals surface area contributed by atoms with E-state index in [0.717, 1.165) is 24.5 Å².